The smallest absolute Gasteiger partial charge is 0.336 e. The lowest BCUT2D eigenvalue weighted by Gasteiger charge is -2.23. The van der Waals surface area contributed by atoms with Crippen LogP contribution in [0.4, 0.5) is 0 Å². The third kappa shape index (κ3) is 5.55. The van der Waals surface area contributed by atoms with Crippen molar-refractivity contribution in [2.45, 2.75) is 39.8 Å². The van der Waals surface area contributed by atoms with Crippen molar-refractivity contribution in [2.75, 3.05) is 13.1 Å². The summed E-state index contributed by atoms with van der Waals surface area (Å²) in [4.78, 5) is 54.9. The molecule has 2 aromatic heterocycles. The number of para-hydroxylation sites is 1. The summed E-state index contributed by atoms with van der Waals surface area (Å²) in [7, 11) is 0. The number of benzene rings is 2. The van der Waals surface area contributed by atoms with Gasteiger partial charge in [0.2, 0.25) is 5.91 Å². The lowest BCUT2D eigenvalue weighted by atomic mass is 10.1. The number of nitrogens with one attached hydrogen (secondary N) is 1. The van der Waals surface area contributed by atoms with Crippen LogP contribution in [0.1, 0.15) is 42.8 Å². The van der Waals surface area contributed by atoms with Gasteiger partial charge in [0.05, 0.1) is 29.4 Å². The van der Waals surface area contributed by atoms with Crippen molar-refractivity contribution in [2.24, 2.45) is 0 Å². The molecule has 192 valence electrons. The van der Waals surface area contributed by atoms with Crippen LogP contribution in [-0.4, -0.2) is 38.9 Å². The minimum atomic E-state index is -0.641. The summed E-state index contributed by atoms with van der Waals surface area (Å²) < 4.78 is 7.61. The van der Waals surface area contributed by atoms with Gasteiger partial charge in [-0.2, -0.15) is 0 Å². The van der Waals surface area contributed by atoms with Crippen molar-refractivity contribution in [1.82, 2.24) is 19.4 Å². The predicted molar refractivity (Wildman–Crippen MR) is 141 cm³/mol. The van der Waals surface area contributed by atoms with Crippen LogP contribution in [0.25, 0.3) is 16.6 Å². The summed E-state index contributed by atoms with van der Waals surface area (Å²) in [6.07, 6.45) is 3.08. The highest BCUT2D eigenvalue weighted by Crippen LogP contribution is 2.15. The van der Waals surface area contributed by atoms with Crippen LogP contribution < -0.4 is 16.6 Å². The minimum Gasteiger partial charge on any atom is -0.467 e. The Hall–Kier alpha value is -4.40. The average Bonchev–Trinajstić information content (AvgIpc) is 3.43. The number of carbonyl (C=O) groups is 2. The van der Waals surface area contributed by atoms with E-state index in [0.29, 0.717) is 24.5 Å². The van der Waals surface area contributed by atoms with E-state index in [-0.39, 0.29) is 35.5 Å². The largest absolute Gasteiger partial charge is 0.467 e. The van der Waals surface area contributed by atoms with Crippen molar-refractivity contribution in [3.05, 3.63) is 99.1 Å². The van der Waals surface area contributed by atoms with E-state index in [1.807, 2.05) is 13.8 Å². The number of aromatic nitrogens is 2. The molecule has 0 aliphatic carbocycles. The first kappa shape index (κ1) is 25.7. The van der Waals surface area contributed by atoms with Gasteiger partial charge in [0.25, 0.3) is 11.5 Å². The summed E-state index contributed by atoms with van der Waals surface area (Å²) in [6, 6.07) is 16.6. The van der Waals surface area contributed by atoms with Gasteiger partial charge in [0, 0.05) is 18.7 Å². The van der Waals surface area contributed by atoms with Gasteiger partial charge >= 0.3 is 5.69 Å². The number of nitrogens with zero attached hydrogens (tertiary/aromatic N) is 3. The molecule has 0 saturated carbocycles. The molecule has 0 atom stereocenters. The fourth-order valence-electron chi connectivity index (χ4n) is 4.28. The molecule has 0 aliphatic heterocycles. The van der Waals surface area contributed by atoms with Crippen LogP contribution in [-0.2, 0) is 17.9 Å². The fourth-order valence-corrected chi connectivity index (χ4v) is 4.28. The molecule has 0 spiro atoms. The third-order valence-corrected chi connectivity index (χ3v) is 6.06. The standard InChI is InChI=1S/C28H30N4O5/c1-3-14-30(15-4-2)25(33)19-31-24-17-20(26(34)29-18-22-11-8-16-37-22)12-13-23(24)27(35)32(28(31)36)21-9-6-5-7-10-21/h5-13,16-17H,3-4,14-15,18-19H2,1-2H3,(H,29,34). The molecule has 9 heteroatoms. The van der Waals surface area contributed by atoms with E-state index in [1.165, 1.54) is 29.0 Å². The molecule has 0 radical (unpaired) electrons. The molecule has 1 N–H and O–H groups in total. The van der Waals surface area contributed by atoms with Gasteiger partial charge in [0.15, 0.2) is 0 Å². The molecule has 9 nitrogen and oxygen atoms in total. The van der Waals surface area contributed by atoms with Gasteiger partial charge in [-0.3, -0.25) is 19.0 Å². The lowest BCUT2D eigenvalue weighted by molar-refractivity contribution is -0.131. The molecule has 0 aliphatic rings. The number of amides is 2. The highest BCUT2D eigenvalue weighted by atomic mass is 16.3. The van der Waals surface area contributed by atoms with Gasteiger partial charge in [0.1, 0.15) is 12.3 Å². The molecule has 2 aromatic carbocycles. The van der Waals surface area contributed by atoms with Crippen LogP contribution in [0.15, 0.2) is 80.9 Å². The number of carbonyl (C=O) groups excluding carboxylic acids is 2. The Kier molecular flexibility index (Phi) is 8.02. The third-order valence-electron chi connectivity index (χ3n) is 6.06. The molecular weight excluding hydrogens is 472 g/mol. The Balaban J connectivity index is 1.82. The van der Waals surface area contributed by atoms with E-state index in [4.69, 9.17) is 4.42 Å². The zero-order chi connectivity index (χ0) is 26.4. The Morgan fingerprint density at radius 3 is 2.32 bits per heavy atom. The first-order chi connectivity index (χ1) is 17.9. The number of fused-ring (bicyclic) bond motifs is 1. The van der Waals surface area contributed by atoms with Crippen LogP contribution in [0.2, 0.25) is 0 Å². The number of rotatable bonds is 10. The Bertz CT molecular complexity index is 1500. The summed E-state index contributed by atoms with van der Waals surface area (Å²) in [5.74, 6) is -0.0261. The summed E-state index contributed by atoms with van der Waals surface area (Å²) in [6.45, 7) is 5.05. The maximum absolute atomic E-state index is 13.7. The van der Waals surface area contributed by atoms with Crippen molar-refractivity contribution >= 4 is 22.7 Å². The molecule has 37 heavy (non-hydrogen) atoms. The zero-order valence-electron chi connectivity index (χ0n) is 21.0. The monoisotopic (exact) mass is 502 g/mol. The predicted octanol–water partition coefficient (Wildman–Crippen LogP) is 3.32. The topological polar surface area (TPSA) is 107 Å². The quantitative estimate of drug-likeness (QED) is 0.358. The van der Waals surface area contributed by atoms with Crippen molar-refractivity contribution in [3.8, 4) is 5.69 Å². The van der Waals surface area contributed by atoms with Crippen LogP contribution >= 0.6 is 0 Å². The normalized spacial score (nSPS) is 11.0. The van der Waals surface area contributed by atoms with E-state index in [1.54, 1.807) is 47.4 Å². The van der Waals surface area contributed by atoms with Gasteiger partial charge in [-0.1, -0.05) is 32.0 Å². The van der Waals surface area contributed by atoms with Crippen molar-refractivity contribution in [3.63, 3.8) is 0 Å². The van der Waals surface area contributed by atoms with E-state index < -0.39 is 17.2 Å². The Morgan fingerprint density at radius 2 is 1.68 bits per heavy atom. The van der Waals surface area contributed by atoms with E-state index in [0.717, 1.165) is 17.4 Å². The molecule has 0 bridgehead atoms. The van der Waals surface area contributed by atoms with Gasteiger partial charge < -0.3 is 14.6 Å². The SMILES string of the molecule is CCCN(CCC)C(=O)Cn1c(=O)n(-c2ccccc2)c(=O)c2ccc(C(=O)NCc3ccco3)cc21. The molecule has 4 aromatic rings. The first-order valence-electron chi connectivity index (χ1n) is 12.4. The minimum absolute atomic E-state index is 0.188. The molecule has 0 unspecified atom stereocenters. The number of hydrogen-bond donors (Lipinski definition) is 1. The zero-order valence-corrected chi connectivity index (χ0v) is 21.0. The Morgan fingerprint density at radius 1 is 0.946 bits per heavy atom. The highest BCUT2D eigenvalue weighted by molar-refractivity contribution is 5.98. The maximum Gasteiger partial charge on any atom is 0.336 e. The molecule has 0 fully saturated rings. The molecule has 2 amide bonds. The van der Waals surface area contributed by atoms with E-state index >= 15 is 0 Å². The summed E-state index contributed by atoms with van der Waals surface area (Å²) in [5.41, 5.74) is -0.265. The molecule has 2 heterocycles. The molecule has 0 saturated heterocycles. The summed E-state index contributed by atoms with van der Waals surface area (Å²) >= 11 is 0. The second kappa shape index (κ2) is 11.6. The number of hydrogen-bond acceptors (Lipinski definition) is 5. The highest BCUT2D eigenvalue weighted by Gasteiger charge is 2.20. The van der Waals surface area contributed by atoms with Gasteiger partial charge in [-0.15, -0.1) is 0 Å². The summed E-state index contributed by atoms with van der Waals surface area (Å²) in [5, 5.41) is 3.00. The van der Waals surface area contributed by atoms with E-state index in [2.05, 4.69) is 5.32 Å². The molecule has 4 rings (SSSR count). The van der Waals surface area contributed by atoms with Crippen LogP contribution in [0, 0.1) is 0 Å². The van der Waals surface area contributed by atoms with Gasteiger partial charge in [-0.05, 0) is 55.3 Å². The van der Waals surface area contributed by atoms with Gasteiger partial charge in [-0.25, -0.2) is 9.36 Å². The fraction of sp³-hybridized carbons (Fsp3) is 0.286. The second-order valence-electron chi connectivity index (χ2n) is 8.72. The van der Waals surface area contributed by atoms with Crippen LogP contribution in [0.5, 0.6) is 0 Å². The van der Waals surface area contributed by atoms with Crippen molar-refractivity contribution in [1.29, 1.82) is 0 Å². The second-order valence-corrected chi connectivity index (χ2v) is 8.72. The molecular formula is C28H30N4O5. The average molecular weight is 503 g/mol. The lowest BCUT2D eigenvalue weighted by Crippen LogP contribution is -2.43. The first-order valence-corrected chi connectivity index (χ1v) is 12.4. The van der Waals surface area contributed by atoms with E-state index in [9.17, 15) is 19.2 Å². The Labute approximate surface area is 213 Å². The maximum atomic E-state index is 13.7. The number of furan rings is 1. The van der Waals surface area contributed by atoms with Crippen LogP contribution in [0.3, 0.4) is 0 Å². The van der Waals surface area contributed by atoms with Crippen molar-refractivity contribution < 1.29 is 14.0 Å².